The minimum absolute atomic E-state index is 0.131. The molecule has 0 aromatic rings. The fourth-order valence-electron chi connectivity index (χ4n) is 2.73. The number of piperidine rings is 1. The molecule has 0 unspecified atom stereocenters. The van der Waals surface area contributed by atoms with Gasteiger partial charge in [0, 0.05) is 32.6 Å². The maximum atomic E-state index is 12.0. The van der Waals surface area contributed by atoms with Gasteiger partial charge >= 0.3 is 5.97 Å². The van der Waals surface area contributed by atoms with Crippen LogP contribution in [0.15, 0.2) is 0 Å². The first-order chi connectivity index (χ1) is 9.40. The number of carboxylic acids is 1. The van der Waals surface area contributed by atoms with Crippen LogP contribution < -0.4 is 0 Å². The van der Waals surface area contributed by atoms with Crippen LogP contribution in [0.3, 0.4) is 0 Å². The monoisotopic (exact) mass is 304 g/mol. The summed E-state index contributed by atoms with van der Waals surface area (Å²) in [5.41, 5.74) is 0. The summed E-state index contributed by atoms with van der Waals surface area (Å²) in [6, 6.07) is 0. The molecule has 0 aliphatic carbocycles. The third-order valence-corrected chi connectivity index (χ3v) is 5.86. The lowest BCUT2D eigenvalue weighted by atomic mass is 9.98. The van der Waals surface area contributed by atoms with Gasteiger partial charge in [0.15, 0.2) is 0 Å². The van der Waals surface area contributed by atoms with E-state index in [1.165, 1.54) is 4.31 Å². The molecule has 0 aromatic heterocycles. The first-order valence-corrected chi connectivity index (χ1v) is 8.49. The van der Waals surface area contributed by atoms with E-state index in [0.29, 0.717) is 32.4 Å². The van der Waals surface area contributed by atoms with E-state index in [2.05, 4.69) is 0 Å². The van der Waals surface area contributed by atoms with Gasteiger partial charge in [0.2, 0.25) is 15.9 Å². The van der Waals surface area contributed by atoms with E-state index < -0.39 is 21.9 Å². The smallest absolute Gasteiger partial charge is 0.308 e. The summed E-state index contributed by atoms with van der Waals surface area (Å²) in [4.78, 5) is 24.5. The number of carbonyl (C=O) groups excluding carboxylic acids is 1. The quantitative estimate of drug-likeness (QED) is 0.772. The second-order valence-electron chi connectivity index (χ2n) is 5.34. The second kappa shape index (κ2) is 6.09. The van der Waals surface area contributed by atoms with E-state index in [1.807, 2.05) is 0 Å². The molecule has 2 aliphatic heterocycles. The first-order valence-electron chi connectivity index (χ1n) is 6.88. The van der Waals surface area contributed by atoms with Crippen molar-refractivity contribution in [3.63, 3.8) is 0 Å². The lowest BCUT2D eigenvalue weighted by molar-refractivity contribution is -0.145. The molecule has 1 atom stereocenters. The number of hydrogen-bond acceptors (Lipinski definition) is 4. The van der Waals surface area contributed by atoms with Crippen LogP contribution in [-0.4, -0.2) is 66.5 Å². The number of carbonyl (C=O) groups is 2. The Bertz CT molecular complexity index is 490. The summed E-state index contributed by atoms with van der Waals surface area (Å²) in [5, 5.41) is 8.98. The summed E-state index contributed by atoms with van der Waals surface area (Å²) in [7, 11) is -3.17. The fourth-order valence-corrected chi connectivity index (χ4v) is 4.25. The molecule has 0 spiro atoms. The molecule has 114 valence electrons. The van der Waals surface area contributed by atoms with Crippen molar-refractivity contribution in [2.24, 2.45) is 5.92 Å². The zero-order chi connectivity index (χ0) is 14.8. The zero-order valence-electron chi connectivity index (χ0n) is 11.3. The molecule has 2 heterocycles. The highest BCUT2D eigenvalue weighted by molar-refractivity contribution is 7.89. The van der Waals surface area contributed by atoms with Crippen LogP contribution in [-0.2, 0) is 19.6 Å². The summed E-state index contributed by atoms with van der Waals surface area (Å²) in [6.45, 7) is 1.49. The number of carboxylic acid groups (broad SMARTS) is 1. The number of amides is 1. The van der Waals surface area contributed by atoms with Gasteiger partial charge in [0.05, 0.1) is 11.7 Å². The number of hydrogen-bond donors (Lipinski definition) is 1. The van der Waals surface area contributed by atoms with Gasteiger partial charge in [0.1, 0.15) is 0 Å². The Morgan fingerprint density at radius 3 is 2.55 bits per heavy atom. The molecule has 7 nitrogen and oxygen atoms in total. The van der Waals surface area contributed by atoms with Gasteiger partial charge in [-0.25, -0.2) is 12.7 Å². The third kappa shape index (κ3) is 3.49. The average molecular weight is 304 g/mol. The molecular weight excluding hydrogens is 284 g/mol. The lowest BCUT2D eigenvalue weighted by Crippen LogP contribution is -2.43. The predicted octanol–water partition coefficient (Wildman–Crippen LogP) is -0.265. The van der Waals surface area contributed by atoms with Gasteiger partial charge in [-0.15, -0.1) is 0 Å². The fraction of sp³-hybridized carbons (Fsp3) is 0.833. The molecule has 0 saturated carbocycles. The Morgan fingerprint density at radius 2 is 1.95 bits per heavy atom. The molecule has 2 rings (SSSR count). The Labute approximate surface area is 118 Å². The highest BCUT2D eigenvalue weighted by atomic mass is 32.2. The molecule has 1 amide bonds. The van der Waals surface area contributed by atoms with E-state index in [9.17, 15) is 18.0 Å². The maximum Gasteiger partial charge on any atom is 0.308 e. The topological polar surface area (TPSA) is 95.0 Å². The van der Waals surface area contributed by atoms with Gasteiger partial charge in [-0.3, -0.25) is 9.59 Å². The van der Waals surface area contributed by atoms with Crippen LogP contribution in [0.1, 0.15) is 25.7 Å². The van der Waals surface area contributed by atoms with Crippen molar-refractivity contribution in [2.45, 2.75) is 25.7 Å². The Hall–Kier alpha value is -1.15. The predicted molar refractivity (Wildman–Crippen MR) is 71.5 cm³/mol. The summed E-state index contributed by atoms with van der Waals surface area (Å²) >= 11 is 0. The normalized spacial score (nSPS) is 26.6. The second-order valence-corrected chi connectivity index (χ2v) is 7.42. The van der Waals surface area contributed by atoms with Gasteiger partial charge < -0.3 is 10.0 Å². The van der Waals surface area contributed by atoms with Crippen molar-refractivity contribution < 1.29 is 23.1 Å². The Balaban J connectivity index is 1.84. The van der Waals surface area contributed by atoms with E-state index in [0.717, 1.165) is 0 Å². The van der Waals surface area contributed by atoms with Crippen molar-refractivity contribution in [1.82, 2.24) is 9.21 Å². The average Bonchev–Trinajstić information content (AvgIpc) is 2.75. The molecule has 2 aliphatic rings. The number of sulfonamides is 1. The lowest BCUT2D eigenvalue weighted by Gasteiger charge is -2.31. The Morgan fingerprint density at radius 1 is 1.20 bits per heavy atom. The van der Waals surface area contributed by atoms with Crippen molar-refractivity contribution in [2.75, 3.05) is 31.9 Å². The van der Waals surface area contributed by atoms with Crippen LogP contribution in [0.25, 0.3) is 0 Å². The minimum Gasteiger partial charge on any atom is -0.481 e. The van der Waals surface area contributed by atoms with Gasteiger partial charge in [-0.1, -0.05) is 0 Å². The van der Waals surface area contributed by atoms with Crippen LogP contribution >= 0.6 is 0 Å². The van der Waals surface area contributed by atoms with Crippen LogP contribution in [0.4, 0.5) is 0 Å². The molecule has 1 N–H and O–H groups in total. The molecule has 2 fully saturated rings. The standard InChI is InChI=1S/C12H20N2O5S/c15-11(4-7-14-6-2-8-20(14,18)19)13-5-1-3-10(9-13)12(16)17/h10H,1-9H2,(H,16,17)/t10-/m0/s1. The number of nitrogens with zero attached hydrogens (tertiary/aromatic N) is 2. The van der Waals surface area contributed by atoms with E-state index in [4.69, 9.17) is 5.11 Å². The maximum absolute atomic E-state index is 12.0. The van der Waals surface area contributed by atoms with Crippen molar-refractivity contribution in [1.29, 1.82) is 0 Å². The van der Waals surface area contributed by atoms with Gasteiger partial charge in [-0.05, 0) is 19.3 Å². The molecule has 20 heavy (non-hydrogen) atoms. The van der Waals surface area contributed by atoms with Crippen molar-refractivity contribution in [3.05, 3.63) is 0 Å². The molecule has 0 bridgehead atoms. The third-order valence-electron chi connectivity index (χ3n) is 3.90. The van der Waals surface area contributed by atoms with E-state index >= 15 is 0 Å². The molecule has 2 saturated heterocycles. The van der Waals surface area contributed by atoms with Crippen molar-refractivity contribution in [3.8, 4) is 0 Å². The molecule has 8 heteroatoms. The van der Waals surface area contributed by atoms with Crippen LogP contribution in [0, 0.1) is 5.92 Å². The van der Waals surface area contributed by atoms with Crippen molar-refractivity contribution >= 4 is 21.9 Å². The summed E-state index contributed by atoms with van der Waals surface area (Å²) in [5.74, 6) is -1.36. The summed E-state index contributed by atoms with van der Waals surface area (Å²) < 4.78 is 24.6. The number of aliphatic carboxylic acids is 1. The number of likely N-dealkylation sites (tertiary alicyclic amines) is 1. The molecule has 0 radical (unpaired) electrons. The van der Waals surface area contributed by atoms with Gasteiger partial charge in [0.25, 0.3) is 0 Å². The van der Waals surface area contributed by atoms with Crippen LogP contribution in [0.5, 0.6) is 0 Å². The molecule has 0 aromatic carbocycles. The SMILES string of the molecule is O=C(O)[C@H]1CCCN(C(=O)CCN2CCCS2(=O)=O)C1. The highest BCUT2D eigenvalue weighted by Crippen LogP contribution is 2.18. The first kappa shape index (κ1) is 15.2. The largest absolute Gasteiger partial charge is 0.481 e. The number of rotatable bonds is 4. The van der Waals surface area contributed by atoms with Crippen LogP contribution in [0.2, 0.25) is 0 Å². The highest BCUT2D eigenvalue weighted by Gasteiger charge is 2.31. The zero-order valence-corrected chi connectivity index (χ0v) is 12.1. The Kier molecular flexibility index (Phi) is 4.64. The minimum atomic E-state index is -3.17. The van der Waals surface area contributed by atoms with E-state index in [-0.39, 0.29) is 31.2 Å². The van der Waals surface area contributed by atoms with Gasteiger partial charge in [-0.2, -0.15) is 0 Å². The summed E-state index contributed by atoms with van der Waals surface area (Å²) in [6.07, 6.45) is 2.03. The van der Waals surface area contributed by atoms with E-state index in [1.54, 1.807) is 4.90 Å². The molecular formula is C12H20N2O5S.